The van der Waals surface area contributed by atoms with Gasteiger partial charge in [-0.3, -0.25) is 4.90 Å². The predicted molar refractivity (Wildman–Crippen MR) is 128 cm³/mol. The molecule has 0 radical (unpaired) electrons. The number of nitrogens with one attached hydrogen (secondary N) is 1. The molecule has 0 spiro atoms. The van der Waals surface area contributed by atoms with Gasteiger partial charge in [0.1, 0.15) is 5.75 Å². The van der Waals surface area contributed by atoms with Crippen molar-refractivity contribution in [1.29, 1.82) is 5.26 Å². The van der Waals surface area contributed by atoms with E-state index in [9.17, 15) is 9.90 Å². The number of likely N-dealkylation sites (N-methyl/N-ethyl adjacent to an activating group) is 1. The summed E-state index contributed by atoms with van der Waals surface area (Å²) >= 11 is 0. The Morgan fingerprint density at radius 3 is 2.79 bits per heavy atom. The maximum atomic E-state index is 13.4. The van der Waals surface area contributed by atoms with Crippen molar-refractivity contribution in [3.05, 3.63) is 83.3 Å². The van der Waals surface area contributed by atoms with Gasteiger partial charge in [-0.05, 0) is 73.0 Å². The molecule has 3 atom stereocenters. The van der Waals surface area contributed by atoms with Crippen molar-refractivity contribution in [3.8, 4) is 11.8 Å². The molecule has 7 nitrogen and oxygen atoms in total. The molecule has 0 saturated carbocycles. The zero-order chi connectivity index (χ0) is 23.9. The van der Waals surface area contributed by atoms with Gasteiger partial charge in [-0.25, -0.2) is 4.79 Å². The van der Waals surface area contributed by atoms with E-state index in [2.05, 4.69) is 23.2 Å². The molecular weight excluding hydrogens is 428 g/mol. The van der Waals surface area contributed by atoms with Gasteiger partial charge in [0, 0.05) is 36.3 Å². The minimum atomic E-state index is -0.305. The SMILES string of the molecule is CN(C(=O)Nc1ccc(C#N)cc1)[C@H]1C2Cc3ccc(O)cc3[C@@]1(C)CCN2Cc1ccoc1. The van der Waals surface area contributed by atoms with Gasteiger partial charge >= 0.3 is 6.03 Å². The van der Waals surface area contributed by atoms with Crippen molar-refractivity contribution >= 4 is 11.7 Å². The number of hydrogen-bond donors (Lipinski definition) is 2. The van der Waals surface area contributed by atoms with Crippen molar-refractivity contribution in [2.75, 3.05) is 18.9 Å². The van der Waals surface area contributed by atoms with Crippen LogP contribution in [0.1, 0.15) is 35.6 Å². The van der Waals surface area contributed by atoms with E-state index in [1.54, 1.807) is 42.9 Å². The smallest absolute Gasteiger partial charge is 0.321 e. The number of nitriles is 1. The molecule has 34 heavy (non-hydrogen) atoms. The van der Waals surface area contributed by atoms with Gasteiger partial charge < -0.3 is 19.7 Å². The fourth-order valence-corrected chi connectivity index (χ4v) is 5.81. The first-order valence-electron chi connectivity index (χ1n) is 11.5. The van der Waals surface area contributed by atoms with E-state index in [1.165, 1.54) is 5.56 Å². The van der Waals surface area contributed by atoms with E-state index in [4.69, 9.17) is 9.68 Å². The summed E-state index contributed by atoms with van der Waals surface area (Å²) in [7, 11) is 1.85. The maximum absolute atomic E-state index is 13.4. The van der Waals surface area contributed by atoms with E-state index in [1.807, 2.05) is 30.1 Å². The van der Waals surface area contributed by atoms with Crippen LogP contribution in [0.15, 0.2) is 65.5 Å². The first-order valence-corrected chi connectivity index (χ1v) is 11.5. The quantitative estimate of drug-likeness (QED) is 0.604. The number of likely N-dealkylation sites (tertiary alicyclic amines) is 1. The fourth-order valence-electron chi connectivity index (χ4n) is 5.81. The van der Waals surface area contributed by atoms with Crippen LogP contribution in [0.5, 0.6) is 5.75 Å². The highest BCUT2D eigenvalue weighted by Crippen LogP contribution is 2.48. The third-order valence-electron chi connectivity index (χ3n) is 7.51. The Morgan fingerprint density at radius 1 is 1.29 bits per heavy atom. The van der Waals surface area contributed by atoms with Crippen LogP contribution in [-0.2, 0) is 18.4 Å². The number of carbonyl (C=O) groups excluding carboxylic acids is 1. The number of furan rings is 1. The molecule has 1 aromatic heterocycles. The van der Waals surface area contributed by atoms with Gasteiger partial charge in [0.05, 0.1) is 30.2 Å². The second-order valence-electron chi connectivity index (χ2n) is 9.56. The van der Waals surface area contributed by atoms with Gasteiger partial charge in [-0.15, -0.1) is 0 Å². The monoisotopic (exact) mass is 456 g/mol. The molecule has 2 aliphatic rings. The number of amides is 2. The number of piperidine rings is 1. The Kier molecular flexibility index (Phi) is 5.54. The van der Waals surface area contributed by atoms with Crippen molar-refractivity contribution in [1.82, 2.24) is 9.80 Å². The Morgan fingerprint density at radius 2 is 2.09 bits per heavy atom. The van der Waals surface area contributed by atoms with Crippen LogP contribution in [0.2, 0.25) is 0 Å². The van der Waals surface area contributed by atoms with Gasteiger partial charge in [-0.1, -0.05) is 13.0 Å². The number of hydrogen-bond acceptors (Lipinski definition) is 5. The lowest BCUT2D eigenvalue weighted by molar-refractivity contribution is 0.00230. The summed E-state index contributed by atoms with van der Waals surface area (Å²) in [6, 6.07) is 16.4. The summed E-state index contributed by atoms with van der Waals surface area (Å²) < 4.78 is 5.30. The third kappa shape index (κ3) is 3.80. The van der Waals surface area contributed by atoms with Crippen molar-refractivity contribution in [3.63, 3.8) is 0 Å². The number of phenols is 1. The number of benzene rings is 2. The number of anilines is 1. The molecule has 1 fully saturated rings. The Balaban J connectivity index is 1.48. The largest absolute Gasteiger partial charge is 0.508 e. The van der Waals surface area contributed by atoms with Crippen LogP contribution in [0.25, 0.3) is 0 Å². The van der Waals surface area contributed by atoms with E-state index < -0.39 is 0 Å². The molecular formula is C27H28N4O3. The average Bonchev–Trinajstić information content (AvgIpc) is 3.35. The van der Waals surface area contributed by atoms with E-state index in [-0.39, 0.29) is 29.3 Å². The number of phenolic OH excluding ortho intramolecular Hbond substituents is 1. The zero-order valence-electron chi connectivity index (χ0n) is 19.4. The fraction of sp³-hybridized carbons (Fsp3) is 0.333. The highest BCUT2D eigenvalue weighted by Gasteiger charge is 2.53. The normalized spacial score (nSPS) is 23.6. The lowest BCUT2D eigenvalue weighted by atomic mass is 9.61. The summed E-state index contributed by atoms with van der Waals surface area (Å²) in [6.07, 6.45) is 5.12. The minimum absolute atomic E-state index is 0.0965. The number of urea groups is 1. The summed E-state index contributed by atoms with van der Waals surface area (Å²) in [6.45, 7) is 3.86. The second kappa shape index (κ2) is 8.54. The molecule has 7 heteroatoms. The van der Waals surface area contributed by atoms with Crippen LogP contribution in [-0.4, -0.2) is 46.6 Å². The molecule has 1 saturated heterocycles. The van der Waals surface area contributed by atoms with Crippen LogP contribution < -0.4 is 5.32 Å². The highest BCUT2D eigenvalue weighted by molar-refractivity contribution is 5.89. The molecule has 2 bridgehead atoms. The lowest BCUT2D eigenvalue weighted by Gasteiger charge is -2.57. The van der Waals surface area contributed by atoms with Crippen LogP contribution in [0, 0.1) is 11.3 Å². The topological polar surface area (TPSA) is 92.7 Å². The molecule has 3 aromatic rings. The Labute approximate surface area is 199 Å². The van der Waals surface area contributed by atoms with Crippen LogP contribution in [0.3, 0.4) is 0 Å². The van der Waals surface area contributed by atoms with Gasteiger partial charge in [0.15, 0.2) is 0 Å². The van der Waals surface area contributed by atoms with Crippen molar-refractivity contribution in [2.45, 2.75) is 43.8 Å². The van der Waals surface area contributed by atoms with Crippen LogP contribution >= 0.6 is 0 Å². The van der Waals surface area contributed by atoms with Crippen molar-refractivity contribution in [2.24, 2.45) is 0 Å². The van der Waals surface area contributed by atoms with E-state index >= 15 is 0 Å². The molecule has 5 rings (SSSR count). The molecule has 1 unspecified atom stereocenters. The van der Waals surface area contributed by atoms with E-state index in [0.717, 1.165) is 37.1 Å². The highest BCUT2D eigenvalue weighted by atomic mass is 16.3. The molecule has 1 aliphatic carbocycles. The van der Waals surface area contributed by atoms with Gasteiger partial charge in [0.2, 0.25) is 0 Å². The molecule has 1 aliphatic heterocycles. The Bertz CT molecular complexity index is 1230. The third-order valence-corrected chi connectivity index (χ3v) is 7.51. The van der Waals surface area contributed by atoms with Gasteiger partial charge in [-0.2, -0.15) is 5.26 Å². The number of nitrogens with zero attached hydrogens (tertiary/aromatic N) is 3. The lowest BCUT2D eigenvalue weighted by Crippen LogP contribution is -2.68. The molecule has 2 N–H and O–H groups in total. The van der Waals surface area contributed by atoms with E-state index in [0.29, 0.717) is 11.3 Å². The molecule has 2 aromatic carbocycles. The molecule has 174 valence electrons. The standard InChI is InChI=1S/C27H28N4O3/c1-27-10-11-31(16-19-9-12-34-17-19)24(13-20-5-8-22(32)14-23(20)27)25(27)30(2)26(33)29-21-6-3-18(15-28)4-7-21/h3-9,12,14,17,24-25,32H,10-11,13,16H2,1-2H3,(H,29,33)/t24?,25-,27+/m0/s1. The number of aromatic hydroxyl groups is 1. The summed E-state index contributed by atoms with van der Waals surface area (Å²) in [5.74, 6) is 0.252. The summed E-state index contributed by atoms with van der Waals surface area (Å²) in [5, 5.41) is 22.3. The predicted octanol–water partition coefficient (Wildman–Crippen LogP) is 4.48. The summed E-state index contributed by atoms with van der Waals surface area (Å²) in [4.78, 5) is 17.7. The minimum Gasteiger partial charge on any atom is -0.508 e. The maximum Gasteiger partial charge on any atom is 0.321 e. The summed E-state index contributed by atoms with van der Waals surface area (Å²) in [5.41, 5.74) is 4.35. The number of rotatable bonds is 4. The van der Waals surface area contributed by atoms with Gasteiger partial charge in [0.25, 0.3) is 0 Å². The molecule has 2 heterocycles. The molecule has 2 amide bonds. The van der Waals surface area contributed by atoms with Crippen molar-refractivity contribution < 1.29 is 14.3 Å². The number of carbonyl (C=O) groups is 1. The number of fused-ring (bicyclic) bond motifs is 4. The van der Waals surface area contributed by atoms with Crippen LogP contribution in [0.4, 0.5) is 10.5 Å². The zero-order valence-corrected chi connectivity index (χ0v) is 19.4. The average molecular weight is 457 g/mol. The first kappa shape index (κ1) is 22.1. The second-order valence-corrected chi connectivity index (χ2v) is 9.56. The Hall–Kier alpha value is -3.76. The first-order chi connectivity index (χ1) is 16.4.